The molecular weight excluding hydrogens is 280 g/mol. The van der Waals surface area contributed by atoms with Crippen molar-refractivity contribution in [2.45, 2.75) is 40.5 Å². The molecule has 0 aromatic carbocycles. The monoisotopic (exact) mass is 300 g/mol. The zero-order valence-electron chi connectivity index (χ0n) is 12.3. The Bertz CT molecular complexity index is 478. The van der Waals surface area contributed by atoms with Gasteiger partial charge in [-0.25, -0.2) is 9.97 Å². The number of hydrogen-bond acceptors (Lipinski definition) is 5. The first-order chi connectivity index (χ1) is 9.31. The molecule has 0 spiro atoms. The molecule has 1 heterocycles. The minimum atomic E-state index is -0.542. The molecule has 0 bridgehead atoms. The van der Waals surface area contributed by atoms with E-state index < -0.39 is 4.92 Å². The van der Waals surface area contributed by atoms with E-state index in [1.165, 1.54) is 0 Å². The average molecular weight is 301 g/mol. The number of aromatic nitrogens is 2. The molecule has 0 aliphatic heterocycles. The molecule has 0 aliphatic rings. The molecule has 1 aromatic heterocycles. The van der Waals surface area contributed by atoms with Gasteiger partial charge in [-0.2, -0.15) is 0 Å². The Labute approximate surface area is 124 Å². The molecule has 7 heteroatoms. The maximum absolute atomic E-state index is 11.1. The Morgan fingerprint density at radius 3 is 2.40 bits per heavy atom. The molecule has 0 aliphatic carbocycles. The molecule has 0 saturated heterocycles. The first kappa shape index (κ1) is 16.6. The van der Waals surface area contributed by atoms with E-state index >= 15 is 0 Å². The molecule has 20 heavy (non-hydrogen) atoms. The third-order valence-corrected chi connectivity index (χ3v) is 2.94. The molecule has 0 amide bonds. The molecule has 1 rings (SSSR count). The van der Waals surface area contributed by atoms with Gasteiger partial charge >= 0.3 is 5.69 Å². The summed E-state index contributed by atoms with van der Waals surface area (Å²) in [5.41, 5.74) is -0.247. The number of nitro groups is 1. The second-order valence-corrected chi connectivity index (χ2v) is 5.95. The molecule has 1 N–H and O–H groups in total. The number of nitrogens with zero attached hydrogens (tertiary/aromatic N) is 3. The largest absolute Gasteiger partial charge is 0.364 e. The lowest BCUT2D eigenvalue weighted by Gasteiger charge is -2.11. The van der Waals surface area contributed by atoms with Gasteiger partial charge in [-0.3, -0.25) is 10.1 Å². The molecule has 0 atom stereocenters. The van der Waals surface area contributed by atoms with Gasteiger partial charge in [0.1, 0.15) is 5.82 Å². The smallest absolute Gasteiger partial charge is 0.348 e. The molecule has 0 saturated carbocycles. The van der Waals surface area contributed by atoms with E-state index in [-0.39, 0.29) is 16.7 Å². The van der Waals surface area contributed by atoms with Gasteiger partial charge in [-0.1, -0.05) is 39.3 Å². The van der Waals surface area contributed by atoms with Crippen molar-refractivity contribution in [3.63, 3.8) is 0 Å². The molecule has 0 radical (unpaired) electrons. The van der Waals surface area contributed by atoms with E-state index in [0.717, 1.165) is 6.42 Å². The van der Waals surface area contributed by atoms with Crippen molar-refractivity contribution in [3.8, 4) is 0 Å². The summed E-state index contributed by atoms with van der Waals surface area (Å²) in [7, 11) is 0. The zero-order chi connectivity index (χ0) is 15.3. The molecule has 1 aromatic rings. The van der Waals surface area contributed by atoms with Gasteiger partial charge in [0.05, 0.1) is 4.92 Å². The quantitative estimate of drug-likeness (QED) is 0.472. The summed E-state index contributed by atoms with van der Waals surface area (Å²) in [5.74, 6) is 1.61. The van der Waals surface area contributed by atoms with Gasteiger partial charge in [0.15, 0.2) is 0 Å². The highest BCUT2D eigenvalue weighted by molar-refractivity contribution is 6.31. The van der Waals surface area contributed by atoms with Crippen LogP contribution in [-0.4, -0.2) is 21.4 Å². The van der Waals surface area contributed by atoms with Crippen LogP contribution in [0.5, 0.6) is 0 Å². The maximum Gasteiger partial charge on any atom is 0.348 e. The summed E-state index contributed by atoms with van der Waals surface area (Å²) < 4.78 is 0. The van der Waals surface area contributed by atoms with Crippen LogP contribution in [0.1, 0.15) is 39.9 Å². The Morgan fingerprint density at radius 1 is 1.25 bits per heavy atom. The van der Waals surface area contributed by atoms with Crippen LogP contribution in [0.2, 0.25) is 5.15 Å². The van der Waals surface area contributed by atoms with Gasteiger partial charge < -0.3 is 5.32 Å². The first-order valence-corrected chi connectivity index (χ1v) is 7.13. The maximum atomic E-state index is 11.1. The zero-order valence-corrected chi connectivity index (χ0v) is 13.1. The van der Waals surface area contributed by atoms with Crippen molar-refractivity contribution in [3.05, 3.63) is 21.1 Å². The van der Waals surface area contributed by atoms with E-state index in [4.69, 9.17) is 11.6 Å². The normalized spacial score (nSPS) is 11.2. The van der Waals surface area contributed by atoms with Gasteiger partial charge in [0, 0.05) is 13.0 Å². The Balaban J connectivity index is 3.02. The van der Waals surface area contributed by atoms with Crippen LogP contribution < -0.4 is 5.32 Å². The number of nitrogens with one attached hydrogen (secondary N) is 1. The fourth-order valence-electron chi connectivity index (χ4n) is 1.69. The average Bonchev–Trinajstić information content (AvgIpc) is 2.25. The Hall–Kier alpha value is -1.43. The molecular formula is C13H21ClN4O2. The van der Waals surface area contributed by atoms with Crippen LogP contribution >= 0.6 is 11.6 Å². The van der Waals surface area contributed by atoms with Crippen LogP contribution in [0.25, 0.3) is 0 Å². The lowest BCUT2D eigenvalue weighted by molar-refractivity contribution is -0.384. The SMILES string of the molecule is CC(C)CCNc1nc(CC(C)C)nc(Cl)c1[N+](=O)[O-]. The fourth-order valence-corrected chi connectivity index (χ4v) is 1.95. The summed E-state index contributed by atoms with van der Waals surface area (Å²) >= 11 is 5.92. The van der Waals surface area contributed by atoms with Crippen LogP contribution in [0.4, 0.5) is 11.5 Å². The third kappa shape index (κ3) is 4.92. The highest BCUT2D eigenvalue weighted by Gasteiger charge is 2.23. The van der Waals surface area contributed by atoms with Gasteiger partial charge in [-0.15, -0.1) is 0 Å². The van der Waals surface area contributed by atoms with Crippen molar-refractivity contribution in [2.24, 2.45) is 11.8 Å². The Morgan fingerprint density at radius 2 is 1.90 bits per heavy atom. The number of anilines is 1. The molecule has 6 nitrogen and oxygen atoms in total. The number of rotatable bonds is 7. The lowest BCUT2D eigenvalue weighted by atomic mass is 10.1. The first-order valence-electron chi connectivity index (χ1n) is 6.76. The highest BCUT2D eigenvalue weighted by Crippen LogP contribution is 2.30. The van der Waals surface area contributed by atoms with Crippen molar-refractivity contribution >= 4 is 23.1 Å². The van der Waals surface area contributed by atoms with Crippen molar-refractivity contribution in [1.82, 2.24) is 9.97 Å². The summed E-state index contributed by atoms with van der Waals surface area (Å²) in [6.07, 6.45) is 1.54. The molecule has 0 fully saturated rings. The molecule has 112 valence electrons. The van der Waals surface area contributed by atoms with E-state index in [1.807, 2.05) is 13.8 Å². The lowest BCUT2D eigenvalue weighted by Crippen LogP contribution is -2.12. The summed E-state index contributed by atoms with van der Waals surface area (Å²) in [6, 6.07) is 0. The topological polar surface area (TPSA) is 81.0 Å². The second-order valence-electron chi connectivity index (χ2n) is 5.59. The van der Waals surface area contributed by atoms with Crippen molar-refractivity contribution in [1.29, 1.82) is 0 Å². The minimum absolute atomic E-state index is 0.104. The van der Waals surface area contributed by atoms with Gasteiger partial charge in [0.25, 0.3) is 0 Å². The summed E-state index contributed by atoms with van der Waals surface area (Å²) in [5, 5.41) is 14.0. The van der Waals surface area contributed by atoms with Crippen LogP contribution in [-0.2, 0) is 6.42 Å². The Kier molecular flexibility index (Phi) is 6.13. The van der Waals surface area contributed by atoms with Crippen molar-refractivity contribution < 1.29 is 4.92 Å². The third-order valence-electron chi connectivity index (χ3n) is 2.68. The van der Waals surface area contributed by atoms with Crippen LogP contribution in [0.15, 0.2) is 0 Å². The van der Waals surface area contributed by atoms with E-state index in [2.05, 4.69) is 29.1 Å². The number of halogens is 1. The van der Waals surface area contributed by atoms with E-state index in [1.54, 1.807) is 0 Å². The molecule has 0 unspecified atom stereocenters. The summed E-state index contributed by atoms with van der Waals surface area (Å²) in [6.45, 7) is 8.86. The van der Waals surface area contributed by atoms with Gasteiger partial charge in [-0.05, 0) is 18.3 Å². The van der Waals surface area contributed by atoms with Crippen LogP contribution in [0, 0.1) is 22.0 Å². The van der Waals surface area contributed by atoms with Crippen LogP contribution in [0.3, 0.4) is 0 Å². The fraction of sp³-hybridized carbons (Fsp3) is 0.692. The van der Waals surface area contributed by atoms with E-state index in [0.29, 0.717) is 30.6 Å². The predicted molar refractivity (Wildman–Crippen MR) is 80.2 cm³/mol. The number of hydrogen-bond donors (Lipinski definition) is 1. The predicted octanol–water partition coefficient (Wildman–Crippen LogP) is 3.69. The van der Waals surface area contributed by atoms with Gasteiger partial charge in [0.2, 0.25) is 11.0 Å². The standard InChI is InChI=1S/C13H21ClN4O2/c1-8(2)5-6-15-13-11(18(19)20)12(14)16-10(17-13)7-9(3)4/h8-9H,5-7H2,1-4H3,(H,15,16,17). The van der Waals surface area contributed by atoms with Crippen molar-refractivity contribution in [2.75, 3.05) is 11.9 Å². The highest BCUT2D eigenvalue weighted by atomic mass is 35.5. The summed E-state index contributed by atoms with van der Waals surface area (Å²) in [4.78, 5) is 18.8. The minimum Gasteiger partial charge on any atom is -0.364 e. The second kappa shape index (κ2) is 7.38. The van der Waals surface area contributed by atoms with E-state index in [9.17, 15) is 10.1 Å².